The van der Waals surface area contributed by atoms with Crippen molar-refractivity contribution < 1.29 is 10.0 Å². The Hall–Kier alpha value is -2.13. The summed E-state index contributed by atoms with van der Waals surface area (Å²) in [5.41, 5.74) is 6.55. The lowest BCUT2D eigenvalue weighted by Crippen LogP contribution is -2.20. The molecule has 0 aliphatic heterocycles. The lowest BCUT2D eigenvalue weighted by molar-refractivity contribution is -0.128. The second-order valence-electron chi connectivity index (χ2n) is 5.72. The highest BCUT2D eigenvalue weighted by molar-refractivity contribution is 5.77. The van der Waals surface area contributed by atoms with E-state index in [1.165, 1.54) is 23.1 Å². The Morgan fingerprint density at radius 2 is 1.32 bits per heavy atom. The molecule has 0 fully saturated rings. The Morgan fingerprint density at radius 1 is 0.864 bits per heavy atom. The quantitative estimate of drug-likeness (QED) is 0.466. The number of carbonyl (C=O) groups is 1. The summed E-state index contributed by atoms with van der Waals surface area (Å²) in [4.78, 5) is 11.1. The summed E-state index contributed by atoms with van der Waals surface area (Å²) in [7, 11) is 0. The van der Waals surface area contributed by atoms with Gasteiger partial charge in [0.25, 0.3) is 0 Å². The maximum Gasteiger partial charge on any atom is 0.247 e. The molecule has 0 radical (unpaired) electrons. The van der Waals surface area contributed by atoms with E-state index in [0.29, 0.717) is 0 Å². The van der Waals surface area contributed by atoms with Gasteiger partial charge in [0.05, 0.1) is 6.42 Å². The molecular weight excluding hydrogens is 274 g/mol. The van der Waals surface area contributed by atoms with Crippen LogP contribution in [0.3, 0.4) is 0 Å². The molecule has 116 valence electrons. The van der Waals surface area contributed by atoms with E-state index >= 15 is 0 Å². The molecule has 0 heterocycles. The van der Waals surface area contributed by atoms with Crippen LogP contribution in [0.4, 0.5) is 0 Å². The molecule has 1 amide bonds. The summed E-state index contributed by atoms with van der Waals surface area (Å²) < 4.78 is 0. The van der Waals surface area contributed by atoms with Crippen LogP contribution in [-0.2, 0) is 24.1 Å². The zero-order valence-corrected chi connectivity index (χ0v) is 13.0. The third kappa shape index (κ3) is 5.34. The number of carbonyl (C=O) groups excluding carboxylic acids is 1. The first-order chi connectivity index (χ1) is 10.7. The van der Waals surface area contributed by atoms with E-state index in [1.807, 2.05) is 12.1 Å². The fraction of sp³-hybridized carbons (Fsp3) is 0.316. The lowest BCUT2D eigenvalue weighted by Gasteiger charge is -2.05. The average Bonchev–Trinajstić information content (AvgIpc) is 2.54. The first-order valence-corrected chi connectivity index (χ1v) is 7.73. The van der Waals surface area contributed by atoms with Crippen molar-refractivity contribution in [3.05, 3.63) is 70.8 Å². The smallest absolute Gasteiger partial charge is 0.247 e. The van der Waals surface area contributed by atoms with E-state index in [2.05, 4.69) is 43.3 Å². The van der Waals surface area contributed by atoms with Crippen molar-refractivity contribution in [1.29, 1.82) is 0 Å². The third-order valence-electron chi connectivity index (χ3n) is 3.81. The van der Waals surface area contributed by atoms with Gasteiger partial charge in [-0.25, -0.2) is 5.48 Å². The van der Waals surface area contributed by atoms with Crippen molar-refractivity contribution in [2.24, 2.45) is 0 Å². The molecule has 0 saturated heterocycles. The highest BCUT2D eigenvalue weighted by Gasteiger charge is 2.02. The normalized spacial score (nSPS) is 10.5. The number of unbranched alkanes of at least 4 members (excludes halogenated alkanes) is 1. The van der Waals surface area contributed by atoms with E-state index in [1.54, 1.807) is 5.48 Å². The summed E-state index contributed by atoms with van der Waals surface area (Å²) in [6.07, 6.45) is 4.72. The molecule has 2 aromatic rings. The fourth-order valence-corrected chi connectivity index (χ4v) is 2.46. The molecule has 2 aromatic carbocycles. The van der Waals surface area contributed by atoms with Crippen LogP contribution in [-0.4, -0.2) is 11.1 Å². The summed E-state index contributed by atoms with van der Waals surface area (Å²) in [6, 6.07) is 16.8. The van der Waals surface area contributed by atoms with Crippen molar-refractivity contribution in [3.63, 3.8) is 0 Å². The number of hydrogen-bond donors (Lipinski definition) is 2. The fourth-order valence-electron chi connectivity index (χ4n) is 2.46. The van der Waals surface area contributed by atoms with E-state index in [4.69, 9.17) is 5.21 Å². The topological polar surface area (TPSA) is 49.3 Å². The van der Waals surface area contributed by atoms with Crippen LogP contribution in [0.25, 0.3) is 0 Å². The van der Waals surface area contributed by atoms with Crippen LogP contribution in [0.5, 0.6) is 0 Å². The third-order valence-corrected chi connectivity index (χ3v) is 3.81. The number of amides is 1. The highest BCUT2D eigenvalue weighted by Crippen LogP contribution is 2.11. The molecular formula is C19H23NO2. The van der Waals surface area contributed by atoms with Crippen molar-refractivity contribution in [2.75, 3.05) is 0 Å². The van der Waals surface area contributed by atoms with Crippen LogP contribution in [0.15, 0.2) is 48.5 Å². The summed E-state index contributed by atoms with van der Waals surface area (Å²) >= 11 is 0. The van der Waals surface area contributed by atoms with E-state index in [9.17, 15) is 4.79 Å². The second kappa shape index (κ2) is 8.35. The van der Waals surface area contributed by atoms with Gasteiger partial charge < -0.3 is 0 Å². The largest absolute Gasteiger partial charge is 0.289 e. The number of rotatable bonds is 7. The first-order valence-electron chi connectivity index (χ1n) is 7.73. The minimum Gasteiger partial charge on any atom is -0.289 e. The predicted molar refractivity (Wildman–Crippen MR) is 87.9 cm³/mol. The van der Waals surface area contributed by atoms with Gasteiger partial charge in [0, 0.05) is 0 Å². The summed E-state index contributed by atoms with van der Waals surface area (Å²) in [5.74, 6) is -0.383. The minimum absolute atomic E-state index is 0.213. The Bertz CT molecular complexity index is 588. The van der Waals surface area contributed by atoms with Crippen molar-refractivity contribution in [2.45, 2.75) is 39.0 Å². The van der Waals surface area contributed by atoms with Gasteiger partial charge in [0.15, 0.2) is 0 Å². The standard InChI is InChI=1S/C19H23NO2/c1-15-6-8-16(9-7-15)4-2-3-5-17-10-12-18(13-11-17)14-19(21)20-22/h6-13,22H,2-5,14H2,1H3,(H,20,21). The minimum atomic E-state index is -0.383. The SMILES string of the molecule is Cc1ccc(CCCCc2ccc(CC(=O)NO)cc2)cc1. The lowest BCUT2D eigenvalue weighted by atomic mass is 10.0. The first kappa shape index (κ1) is 16.2. The molecule has 3 nitrogen and oxygen atoms in total. The van der Waals surface area contributed by atoms with E-state index < -0.39 is 0 Å². The molecule has 0 aromatic heterocycles. The highest BCUT2D eigenvalue weighted by atomic mass is 16.5. The monoisotopic (exact) mass is 297 g/mol. The maximum absolute atomic E-state index is 11.1. The Balaban J connectivity index is 1.72. The van der Waals surface area contributed by atoms with Crippen LogP contribution in [0.1, 0.15) is 35.1 Å². The predicted octanol–water partition coefficient (Wildman–Crippen LogP) is 3.61. The molecule has 0 spiro atoms. The van der Waals surface area contributed by atoms with Crippen LogP contribution >= 0.6 is 0 Å². The van der Waals surface area contributed by atoms with Crippen molar-refractivity contribution >= 4 is 5.91 Å². The molecule has 2 N–H and O–H groups in total. The Kier molecular flexibility index (Phi) is 6.16. The van der Waals surface area contributed by atoms with Crippen molar-refractivity contribution in [1.82, 2.24) is 5.48 Å². The van der Waals surface area contributed by atoms with Crippen LogP contribution < -0.4 is 5.48 Å². The molecule has 2 rings (SSSR count). The van der Waals surface area contributed by atoms with Gasteiger partial charge in [-0.15, -0.1) is 0 Å². The van der Waals surface area contributed by atoms with Crippen molar-refractivity contribution in [3.8, 4) is 0 Å². The van der Waals surface area contributed by atoms with Gasteiger partial charge in [0.2, 0.25) is 5.91 Å². The number of benzene rings is 2. The molecule has 0 bridgehead atoms. The molecule has 0 aliphatic carbocycles. The average molecular weight is 297 g/mol. The molecule has 22 heavy (non-hydrogen) atoms. The van der Waals surface area contributed by atoms with Gasteiger partial charge in [-0.2, -0.15) is 0 Å². The molecule has 0 atom stereocenters. The van der Waals surface area contributed by atoms with Crippen LogP contribution in [0.2, 0.25) is 0 Å². The Labute approximate surface area is 132 Å². The molecule has 0 unspecified atom stereocenters. The number of hydroxylamine groups is 1. The second-order valence-corrected chi connectivity index (χ2v) is 5.72. The number of hydrogen-bond acceptors (Lipinski definition) is 2. The van der Waals surface area contributed by atoms with Gasteiger partial charge in [-0.3, -0.25) is 10.0 Å². The van der Waals surface area contributed by atoms with Gasteiger partial charge in [-0.1, -0.05) is 54.1 Å². The van der Waals surface area contributed by atoms with E-state index in [0.717, 1.165) is 24.8 Å². The number of aryl methyl sites for hydroxylation is 3. The summed E-state index contributed by atoms with van der Waals surface area (Å²) in [5, 5.41) is 8.50. The summed E-state index contributed by atoms with van der Waals surface area (Å²) in [6.45, 7) is 2.11. The molecule has 0 aliphatic rings. The maximum atomic E-state index is 11.1. The van der Waals surface area contributed by atoms with Gasteiger partial charge in [-0.05, 0) is 49.3 Å². The zero-order valence-electron chi connectivity index (χ0n) is 13.0. The Morgan fingerprint density at radius 3 is 1.82 bits per heavy atom. The molecule has 3 heteroatoms. The van der Waals surface area contributed by atoms with E-state index in [-0.39, 0.29) is 12.3 Å². The van der Waals surface area contributed by atoms with Crippen LogP contribution in [0, 0.1) is 6.92 Å². The zero-order chi connectivity index (χ0) is 15.8. The van der Waals surface area contributed by atoms with Gasteiger partial charge in [0.1, 0.15) is 0 Å². The molecule has 0 saturated carbocycles. The van der Waals surface area contributed by atoms with Gasteiger partial charge >= 0.3 is 0 Å². The number of nitrogens with one attached hydrogen (secondary N) is 1.